The van der Waals surface area contributed by atoms with Crippen molar-refractivity contribution in [3.63, 3.8) is 0 Å². The van der Waals surface area contributed by atoms with Gasteiger partial charge in [0.1, 0.15) is 0 Å². The molecule has 1 aliphatic heterocycles. The minimum absolute atomic E-state index is 0.268. The van der Waals surface area contributed by atoms with Crippen LogP contribution >= 0.6 is 0 Å². The maximum absolute atomic E-state index is 11.2. The summed E-state index contributed by atoms with van der Waals surface area (Å²) in [6, 6.07) is 1.00. The van der Waals surface area contributed by atoms with Crippen LogP contribution in [-0.2, 0) is 4.74 Å². The molecule has 1 N–H and O–H groups in total. The number of carbonyl (C=O) groups excluding carboxylic acids is 1. The summed E-state index contributed by atoms with van der Waals surface area (Å²) >= 11 is 0. The van der Waals surface area contributed by atoms with E-state index in [0.717, 1.165) is 24.9 Å². The third-order valence-electron chi connectivity index (χ3n) is 4.01. The van der Waals surface area contributed by atoms with E-state index >= 15 is 0 Å². The summed E-state index contributed by atoms with van der Waals surface area (Å²) in [7, 11) is 1.43. The number of piperidine rings is 1. The van der Waals surface area contributed by atoms with Gasteiger partial charge in [-0.2, -0.15) is 0 Å². The lowest BCUT2D eigenvalue weighted by Gasteiger charge is -2.38. The van der Waals surface area contributed by atoms with Crippen molar-refractivity contribution in [2.45, 2.75) is 51.1 Å². The molecule has 0 aromatic rings. The second kappa shape index (κ2) is 5.71. The lowest BCUT2D eigenvalue weighted by Crippen LogP contribution is -2.51. The first-order valence-electron chi connectivity index (χ1n) is 6.83. The number of amides is 1. The highest BCUT2D eigenvalue weighted by atomic mass is 16.5. The number of nitrogens with one attached hydrogen (secondary N) is 1. The van der Waals surface area contributed by atoms with Gasteiger partial charge in [-0.1, -0.05) is 6.92 Å². The molecule has 98 valence electrons. The summed E-state index contributed by atoms with van der Waals surface area (Å²) in [6.45, 7) is 4.46. The molecular weight excluding hydrogens is 216 g/mol. The van der Waals surface area contributed by atoms with Gasteiger partial charge in [-0.15, -0.1) is 0 Å². The van der Waals surface area contributed by atoms with Gasteiger partial charge in [0.15, 0.2) is 0 Å². The molecule has 2 aliphatic rings. The topological polar surface area (TPSA) is 41.6 Å². The van der Waals surface area contributed by atoms with Gasteiger partial charge in [0, 0.05) is 18.6 Å². The van der Waals surface area contributed by atoms with Crippen molar-refractivity contribution in [2.75, 3.05) is 20.2 Å². The van der Waals surface area contributed by atoms with E-state index in [1.54, 1.807) is 0 Å². The summed E-state index contributed by atoms with van der Waals surface area (Å²) in [5.41, 5.74) is 0. The molecule has 0 bridgehead atoms. The molecule has 0 aromatic heterocycles. The number of alkyl carbamates (subject to hydrolysis) is 1. The van der Waals surface area contributed by atoms with Crippen LogP contribution < -0.4 is 5.32 Å². The molecule has 2 rings (SSSR count). The molecule has 0 aromatic carbocycles. The lowest BCUT2D eigenvalue weighted by atomic mass is 10.0. The van der Waals surface area contributed by atoms with E-state index in [1.807, 2.05) is 0 Å². The Kier molecular flexibility index (Phi) is 4.26. The van der Waals surface area contributed by atoms with Gasteiger partial charge in [-0.05, 0) is 44.6 Å². The Morgan fingerprint density at radius 3 is 2.82 bits per heavy atom. The summed E-state index contributed by atoms with van der Waals surface area (Å²) < 4.78 is 4.67. The van der Waals surface area contributed by atoms with Crippen LogP contribution in [0.15, 0.2) is 0 Å². The van der Waals surface area contributed by atoms with Crippen LogP contribution in [0.1, 0.15) is 39.0 Å². The van der Waals surface area contributed by atoms with Gasteiger partial charge < -0.3 is 10.1 Å². The number of carbonyl (C=O) groups is 1. The highest BCUT2D eigenvalue weighted by Crippen LogP contribution is 2.37. The molecule has 17 heavy (non-hydrogen) atoms. The molecule has 2 atom stereocenters. The van der Waals surface area contributed by atoms with Gasteiger partial charge in [0.2, 0.25) is 0 Å². The largest absolute Gasteiger partial charge is 0.453 e. The minimum Gasteiger partial charge on any atom is -0.453 e. The second-order valence-electron chi connectivity index (χ2n) is 5.28. The number of ether oxygens (including phenoxy) is 1. The van der Waals surface area contributed by atoms with Crippen LogP contribution in [0.4, 0.5) is 4.79 Å². The fraction of sp³-hybridized carbons (Fsp3) is 0.923. The summed E-state index contributed by atoms with van der Waals surface area (Å²) in [4.78, 5) is 13.8. The van der Waals surface area contributed by atoms with E-state index in [1.165, 1.54) is 39.3 Å². The highest BCUT2D eigenvalue weighted by Gasteiger charge is 2.36. The first-order valence-corrected chi connectivity index (χ1v) is 6.83. The molecule has 1 aliphatic carbocycles. The van der Waals surface area contributed by atoms with Gasteiger partial charge in [0.25, 0.3) is 0 Å². The fourth-order valence-corrected chi connectivity index (χ4v) is 3.02. The molecule has 4 nitrogen and oxygen atoms in total. The van der Waals surface area contributed by atoms with Crippen molar-refractivity contribution >= 4 is 6.09 Å². The predicted molar refractivity (Wildman–Crippen MR) is 66.9 cm³/mol. The van der Waals surface area contributed by atoms with Gasteiger partial charge in [-0.25, -0.2) is 4.79 Å². The van der Waals surface area contributed by atoms with E-state index in [4.69, 9.17) is 0 Å². The SMILES string of the molecule is CCC(C1CC1)N1CCCC(NC(=O)OC)C1. The van der Waals surface area contributed by atoms with Crippen molar-refractivity contribution in [2.24, 2.45) is 5.92 Å². The van der Waals surface area contributed by atoms with Crippen molar-refractivity contribution < 1.29 is 9.53 Å². The Bertz CT molecular complexity index is 266. The molecule has 1 amide bonds. The molecule has 0 spiro atoms. The molecule has 1 saturated heterocycles. The minimum atomic E-state index is -0.295. The van der Waals surface area contributed by atoms with Crippen LogP contribution in [0.2, 0.25) is 0 Å². The fourth-order valence-electron chi connectivity index (χ4n) is 3.02. The quantitative estimate of drug-likeness (QED) is 0.817. The molecule has 2 fully saturated rings. The number of rotatable bonds is 4. The predicted octanol–water partition coefficient (Wildman–Crippen LogP) is 2.00. The highest BCUT2D eigenvalue weighted by molar-refractivity contribution is 5.67. The van der Waals surface area contributed by atoms with Crippen molar-refractivity contribution in [3.8, 4) is 0 Å². The van der Waals surface area contributed by atoms with E-state index in [-0.39, 0.29) is 12.1 Å². The van der Waals surface area contributed by atoms with E-state index in [0.29, 0.717) is 0 Å². The van der Waals surface area contributed by atoms with Crippen molar-refractivity contribution in [1.29, 1.82) is 0 Å². The van der Waals surface area contributed by atoms with Crippen LogP contribution in [0.3, 0.4) is 0 Å². The smallest absolute Gasteiger partial charge is 0.407 e. The average molecular weight is 240 g/mol. The normalized spacial score (nSPS) is 27.5. The molecule has 4 heteroatoms. The Morgan fingerprint density at radius 2 is 2.24 bits per heavy atom. The van der Waals surface area contributed by atoms with Crippen molar-refractivity contribution in [3.05, 3.63) is 0 Å². The van der Waals surface area contributed by atoms with Crippen LogP contribution in [0.25, 0.3) is 0 Å². The zero-order chi connectivity index (χ0) is 12.3. The van der Waals surface area contributed by atoms with Gasteiger partial charge >= 0.3 is 6.09 Å². The van der Waals surface area contributed by atoms with Crippen LogP contribution in [0.5, 0.6) is 0 Å². The number of hydrogen-bond acceptors (Lipinski definition) is 3. The first-order chi connectivity index (χ1) is 8.24. The maximum atomic E-state index is 11.2. The number of likely N-dealkylation sites (tertiary alicyclic amines) is 1. The van der Waals surface area contributed by atoms with Crippen molar-refractivity contribution in [1.82, 2.24) is 10.2 Å². The van der Waals surface area contributed by atoms with Gasteiger partial charge in [0.05, 0.1) is 7.11 Å². The standard InChI is InChI=1S/C13H24N2O2/c1-3-12(10-6-7-10)15-8-4-5-11(9-15)14-13(16)17-2/h10-12H,3-9H2,1-2H3,(H,14,16). The average Bonchev–Trinajstić information content (AvgIpc) is 3.15. The lowest BCUT2D eigenvalue weighted by molar-refractivity contribution is 0.111. The third kappa shape index (κ3) is 3.35. The Hall–Kier alpha value is -0.770. The first kappa shape index (κ1) is 12.7. The third-order valence-corrected chi connectivity index (χ3v) is 4.01. The molecular formula is C13H24N2O2. The maximum Gasteiger partial charge on any atom is 0.407 e. The number of methoxy groups -OCH3 is 1. The number of hydrogen-bond donors (Lipinski definition) is 1. The van der Waals surface area contributed by atoms with E-state index < -0.39 is 0 Å². The van der Waals surface area contributed by atoms with E-state index in [9.17, 15) is 4.79 Å². The monoisotopic (exact) mass is 240 g/mol. The van der Waals surface area contributed by atoms with Gasteiger partial charge in [-0.3, -0.25) is 4.90 Å². The number of nitrogens with zero attached hydrogens (tertiary/aromatic N) is 1. The summed E-state index contributed by atoms with van der Waals surface area (Å²) in [6.07, 6.45) is 5.98. The summed E-state index contributed by atoms with van der Waals surface area (Å²) in [5.74, 6) is 0.914. The Labute approximate surface area is 104 Å². The molecule has 1 saturated carbocycles. The Balaban J connectivity index is 1.85. The summed E-state index contributed by atoms with van der Waals surface area (Å²) in [5, 5.41) is 2.93. The molecule has 1 heterocycles. The zero-order valence-electron chi connectivity index (χ0n) is 10.9. The van der Waals surface area contributed by atoms with Crippen LogP contribution in [-0.4, -0.2) is 43.3 Å². The zero-order valence-corrected chi connectivity index (χ0v) is 10.9. The van der Waals surface area contributed by atoms with Crippen LogP contribution in [0, 0.1) is 5.92 Å². The molecule has 2 unspecified atom stereocenters. The Morgan fingerprint density at radius 1 is 1.47 bits per heavy atom. The molecule has 0 radical (unpaired) electrons. The second-order valence-corrected chi connectivity index (χ2v) is 5.28. The van der Waals surface area contributed by atoms with E-state index in [2.05, 4.69) is 21.9 Å².